The second-order valence-electron chi connectivity index (χ2n) is 4.61. The molecule has 0 radical (unpaired) electrons. The van der Waals surface area contributed by atoms with Crippen molar-refractivity contribution < 1.29 is 14.3 Å². The van der Waals surface area contributed by atoms with E-state index in [0.29, 0.717) is 18.0 Å². The Hall–Kier alpha value is -2.04. The normalized spacial score (nSPS) is 17.7. The number of hydrogen-bond donors (Lipinski definition) is 1. The smallest absolute Gasteiger partial charge is 0.267 e. The summed E-state index contributed by atoms with van der Waals surface area (Å²) in [5, 5.41) is 2.71. The number of benzene rings is 1. The van der Waals surface area contributed by atoms with Gasteiger partial charge in [0.15, 0.2) is 6.10 Å². The van der Waals surface area contributed by atoms with Crippen molar-refractivity contribution in [3.05, 3.63) is 18.2 Å². The lowest BCUT2D eigenvalue weighted by atomic mass is 10.1. The van der Waals surface area contributed by atoms with E-state index in [1.54, 1.807) is 30.0 Å². The Morgan fingerprint density at radius 1 is 1.47 bits per heavy atom. The van der Waals surface area contributed by atoms with Crippen molar-refractivity contribution >= 4 is 23.2 Å². The van der Waals surface area contributed by atoms with Gasteiger partial charge in [-0.2, -0.15) is 0 Å². The fourth-order valence-corrected chi connectivity index (χ4v) is 2.14. The van der Waals surface area contributed by atoms with Gasteiger partial charge < -0.3 is 15.0 Å². The molecule has 5 nitrogen and oxygen atoms in total. The van der Waals surface area contributed by atoms with Gasteiger partial charge in [-0.15, -0.1) is 0 Å². The maximum Gasteiger partial charge on any atom is 0.267 e. The quantitative estimate of drug-likeness (QED) is 0.908. The summed E-state index contributed by atoms with van der Waals surface area (Å²) in [6, 6.07) is 5.33. The van der Waals surface area contributed by atoms with Crippen molar-refractivity contribution in [3.63, 3.8) is 0 Å². The van der Waals surface area contributed by atoms with Crippen molar-refractivity contribution in [2.24, 2.45) is 0 Å². The van der Waals surface area contributed by atoms with Crippen molar-refractivity contribution in [2.75, 3.05) is 16.8 Å². The van der Waals surface area contributed by atoms with Crippen LogP contribution in [0.2, 0.25) is 0 Å². The van der Waals surface area contributed by atoms with Gasteiger partial charge in [0.05, 0.1) is 5.69 Å². The van der Waals surface area contributed by atoms with E-state index in [-0.39, 0.29) is 11.8 Å². The van der Waals surface area contributed by atoms with Crippen LogP contribution in [0.15, 0.2) is 18.2 Å². The lowest BCUT2D eigenvalue weighted by molar-refractivity contribution is -0.125. The molecule has 0 saturated carbocycles. The fraction of sp³-hybridized carbons (Fsp3) is 0.429. The van der Waals surface area contributed by atoms with Crippen molar-refractivity contribution in [2.45, 2.75) is 33.3 Å². The fourth-order valence-electron chi connectivity index (χ4n) is 2.14. The van der Waals surface area contributed by atoms with Crippen LogP contribution >= 0.6 is 0 Å². The highest BCUT2D eigenvalue weighted by Gasteiger charge is 2.31. The topological polar surface area (TPSA) is 58.6 Å². The highest BCUT2D eigenvalue weighted by molar-refractivity contribution is 6.01. The Morgan fingerprint density at radius 2 is 2.21 bits per heavy atom. The number of nitrogens with one attached hydrogen (secondary N) is 1. The van der Waals surface area contributed by atoms with E-state index in [2.05, 4.69) is 5.32 Å². The average molecular weight is 262 g/mol. The van der Waals surface area contributed by atoms with E-state index >= 15 is 0 Å². The Morgan fingerprint density at radius 3 is 2.84 bits per heavy atom. The van der Waals surface area contributed by atoms with Gasteiger partial charge in [-0.25, -0.2) is 0 Å². The van der Waals surface area contributed by atoms with Crippen LogP contribution in [-0.4, -0.2) is 24.5 Å². The number of amides is 2. The molecule has 0 saturated heterocycles. The summed E-state index contributed by atoms with van der Waals surface area (Å²) in [5.74, 6) is 0.488. The van der Waals surface area contributed by atoms with Gasteiger partial charge in [0.1, 0.15) is 5.75 Å². The minimum Gasteiger partial charge on any atom is -0.479 e. The van der Waals surface area contributed by atoms with Gasteiger partial charge in [0.2, 0.25) is 5.91 Å². The van der Waals surface area contributed by atoms with Gasteiger partial charge >= 0.3 is 0 Å². The number of nitrogens with zero attached hydrogens (tertiary/aromatic N) is 1. The maximum absolute atomic E-state index is 12.1. The van der Waals surface area contributed by atoms with Crippen LogP contribution in [0.3, 0.4) is 0 Å². The molecule has 0 aromatic heterocycles. The van der Waals surface area contributed by atoms with E-state index in [1.165, 1.54) is 6.92 Å². The van der Waals surface area contributed by atoms with Gasteiger partial charge in [0, 0.05) is 19.2 Å². The second-order valence-corrected chi connectivity index (χ2v) is 4.61. The molecule has 1 N–H and O–H groups in total. The van der Waals surface area contributed by atoms with Crippen LogP contribution in [0.5, 0.6) is 5.75 Å². The molecule has 1 aromatic carbocycles. The molecule has 19 heavy (non-hydrogen) atoms. The lowest BCUT2D eigenvalue weighted by Crippen LogP contribution is -2.44. The van der Waals surface area contributed by atoms with E-state index in [0.717, 1.165) is 12.1 Å². The lowest BCUT2D eigenvalue weighted by Gasteiger charge is -2.33. The average Bonchev–Trinajstić information content (AvgIpc) is 2.35. The number of fused-ring (bicyclic) bond motifs is 1. The van der Waals surface area contributed by atoms with E-state index < -0.39 is 6.10 Å². The third-order valence-corrected chi connectivity index (χ3v) is 2.93. The molecule has 1 atom stereocenters. The summed E-state index contributed by atoms with van der Waals surface area (Å²) < 4.78 is 5.58. The van der Waals surface area contributed by atoms with Crippen molar-refractivity contribution in [1.29, 1.82) is 0 Å². The Kier molecular flexibility index (Phi) is 3.74. The molecule has 0 fully saturated rings. The molecule has 0 bridgehead atoms. The number of hydrogen-bond acceptors (Lipinski definition) is 3. The molecule has 0 aliphatic carbocycles. The Bertz CT molecular complexity index is 513. The van der Waals surface area contributed by atoms with Crippen LogP contribution in [0, 0.1) is 0 Å². The summed E-state index contributed by atoms with van der Waals surface area (Å²) >= 11 is 0. The molecule has 102 valence electrons. The molecular formula is C14H18N2O3. The largest absolute Gasteiger partial charge is 0.479 e. The van der Waals surface area contributed by atoms with E-state index in [4.69, 9.17) is 4.74 Å². The molecule has 5 heteroatoms. The maximum atomic E-state index is 12.1. The summed E-state index contributed by atoms with van der Waals surface area (Å²) in [5.41, 5.74) is 1.38. The molecular weight excluding hydrogens is 244 g/mol. The van der Waals surface area contributed by atoms with E-state index in [1.807, 2.05) is 6.92 Å². The third-order valence-electron chi connectivity index (χ3n) is 2.93. The summed E-state index contributed by atoms with van der Waals surface area (Å²) in [6.45, 7) is 5.86. The first-order valence-corrected chi connectivity index (χ1v) is 6.42. The van der Waals surface area contributed by atoms with Gasteiger partial charge in [-0.3, -0.25) is 9.59 Å². The molecule has 1 unspecified atom stereocenters. The van der Waals surface area contributed by atoms with Crippen LogP contribution in [0.1, 0.15) is 27.2 Å². The number of rotatable bonds is 3. The van der Waals surface area contributed by atoms with Crippen LogP contribution < -0.4 is 15.0 Å². The first kappa shape index (κ1) is 13.4. The first-order chi connectivity index (χ1) is 9.02. The molecule has 1 aromatic rings. The second kappa shape index (κ2) is 5.30. The zero-order valence-corrected chi connectivity index (χ0v) is 11.4. The third kappa shape index (κ3) is 2.70. The molecule has 1 heterocycles. The predicted octanol–water partition coefficient (Wildman–Crippen LogP) is 2.17. The molecule has 1 aliphatic rings. The van der Waals surface area contributed by atoms with Crippen LogP contribution in [0.25, 0.3) is 0 Å². The molecule has 2 rings (SSSR count). The van der Waals surface area contributed by atoms with Gasteiger partial charge in [0.25, 0.3) is 5.91 Å². The minimum atomic E-state index is -0.467. The molecule has 2 amide bonds. The minimum absolute atomic E-state index is 0.0469. The SMILES string of the molecule is CCCN1C(=O)C(C)Oc2ccc(NC(C)=O)cc21. The van der Waals surface area contributed by atoms with Gasteiger partial charge in [-0.05, 0) is 31.5 Å². The standard InChI is InChI=1S/C14H18N2O3/c1-4-7-16-12-8-11(15-10(3)17)5-6-13(12)19-9(2)14(16)18/h5-6,8-9H,4,7H2,1-3H3,(H,15,17). The highest BCUT2D eigenvalue weighted by atomic mass is 16.5. The number of anilines is 2. The van der Waals surface area contributed by atoms with Crippen LogP contribution in [-0.2, 0) is 9.59 Å². The molecule has 0 spiro atoms. The van der Waals surface area contributed by atoms with Crippen LogP contribution in [0.4, 0.5) is 11.4 Å². The van der Waals surface area contributed by atoms with E-state index in [9.17, 15) is 9.59 Å². The monoisotopic (exact) mass is 262 g/mol. The van der Waals surface area contributed by atoms with Gasteiger partial charge in [-0.1, -0.05) is 6.92 Å². The zero-order valence-electron chi connectivity index (χ0n) is 11.4. The van der Waals surface area contributed by atoms with Crippen molar-refractivity contribution in [3.8, 4) is 5.75 Å². The first-order valence-electron chi connectivity index (χ1n) is 6.42. The number of carbonyl (C=O) groups is 2. The summed E-state index contributed by atoms with van der Waals surface area (Å²) in [7, 11) is 0. The molecule has 1 aliphatic heterocycles. The zero-order chi connectivity index (χ0) is 14.0. The highest BCUT2D eigenvalue weighted by Crippen LogP contribution is 2.36. The summed E-state index contributed by atoms with van der Waals surface area (Å²) in [4.78, 5) is 24.9. The Balaban J connectivity index is 2.39. The predicted molar refractivity (Wildman–Crippen MR) is 73.5 cm³/mol. The number of ether oxygens (including phenoxy) is 1. The summed E-state index contributed by atoms with van der Waals surface area (Å²) in [6.07, 6.45) is 0.396. The Labute approximate surface area is 112 Å². The number of carbonyl (C=O) groups excluding carboxylic acids is 2. The van der Waals surface area contributed by atoms with Crippen molar-refractivity contribution in [1.82, 2.24) is 0 Å².